The summed E-state index contributed by atoms with van der Waals surface area (Å²) in [5, 5.41) is 9.44. The molecule has 0 saturated carbocycles. The van der Waals surface area contributed by atoms with Gasteiger partial charge in [0.05, 0.1) is 5.33 Å². The second-order valence-corrected chi connectivity index (χ2v) is 5.87. The monoisotopic (exact) mass is 321 g/mol. The Labute approximate surface area is 123 Å². The first-order chi connectivity index (χ1) is 8.95. The van der Waals surface area contributed by atoms with E-state index in [1.165, 1.54) is 22.3 Å². The van der Waals surface area contributed by atoms with E-state index in [9.17, 15) is 0 Å². The number of hydrogen-bond acceptors (Lipinski definition) is 2. The molecule has 0 aliphatic carbocycles. The minimum Gasteiger partial charge on any atom is -0.308 e. The second kappa shape index (κ2) is 5.45. The first-order valence-electron chi connectivity index (χ1n) is 6.53. The number of nitrogens with zero attached hydrogens (tertiary/aromatic N) is 3. The van der Waals surface area contributed by atoms with Crippen molar-refractivity contribution in [2.75, 3.05) is 0 Å². The van der Waals surface area contributed by atoms with Crippen LogP contribution in [0.3, 0.4) is 0 Å². The zero-order valence-corrected chi connectivity index (χ0v) is 13.7. The summed E-state index contributed by atoms with van der Waals surface area (Å²) in [6, 6.07) is 4.75. The van der Waals surface area contributed by atoms with E-state index in [0.29, 0.717) is 6.04 Å². The van der Waals surface area contributed by atoms with Gasteiger partial charge in [0.1, 0.15) is 5.82 Å². The van der Waals surface area contributed by atoms with Crippen molar-refractivity contribution >= 4 is 15.9 Å². The van der Waals surface area contributed by atoms with Gasteiger partial charge in [-0.1, -0.05) is 33.6 Å². The normalized spacial score (nSPS) is 11.3. The molecular weight excluding hydrogens is 302 g/mol. The maximum atomic E-state index is 4.41. The van der Waals surface area contributed by atoms with Crippen LogP contribution in [0.1, 0.15) is 42.4 Å². The van der Waals surface area contributed by atoms with Crippen LogP contribution in [0.15, 0.2) is 12.1 Å². The number of hydrogen-bond donors (Lipinski definition) is 0. The number of aromatic nitrogens is 3. The molecule has 0 N–H and O–H groups in total. The van der Waals surface area contributed by atoms with Gasteiger partial charge in [0.15, 0.2) is 5.82 Å². The summed E-state index contributed by atoms with van der Waals surface area (Å²) in [5.74, 6) is 1.95. The zero-order valence-electron chi connectivity index (χ0n) is 12.2. The summed E-state index contributed by atoms with van der Waals surface area (Å²) in [7, 11) is 0. The minimum atomic E-state index is 0.345. The van der Waals surface area contributed by atoms with Crippen molar-refractivity contribution in [3.63, 3.8) is 0 Å². The van der Waals surface area contributed by atoms with Gasteiger partial charge in [-0.15, -0.1) is 10.2 Å². The van der Waals surface area contributed by atoms with Gasteiger partial charge >= 0.3 is 0 Å². The highest BCUT2D eigenvalue weighted by Crippen LogP contribution is 2.30. The third-order valence-corrected chi connectivity index (χ3v) is 3.80. The number of alkyl halides is 1. The molecule has 1 aromatic carbocycles. The van der Waals surface area contributed by atoms with Crippen LogP contribution in [0.25, 0.3) is 11.4 Å². The Balaban J connectivity index is 2.69. The van der Waals surface area contributed by atoms with Gasteiger partial charge in [0.25, 0.3) is 0 Å². The molecule has 4 heteroatoms. The predicted octanol–water partition coefficient (Wildman–Crippen LogP) is 4.35. The van der Waals surface area contributed by atoms with Crippen LogP contribution in [0.4, 0.5) is 0 Å². The fraction of sp³-hybridized carbons (Fsp3) is 0.467. The quantitative estimate of drug-likeness (QED) is 0.787. The average molecular weight is 322 g/mol. The number of rotatable bonds is 3. The van der Waals surface area contributed by atoms with E-state index in [1.807, 2.05) is 0 Å². The third kappa shape index (κ3) is 2.59. The van der Waals surface area contributed by atoms with Gasteiger partial charge in [-0.05, 0) is 45.7 Å². The average Bonchev–Trinajstić information content (AvgIpc) is 2.71. The fourth-order valence-electron chi connectivity index (χ4n) is 2.66. The number of halogens is 1. The molecule has 19 heavy (non-hydrogen) atoms. The first kappa shape index (κ1) is 14.3. The van der Waals surface area contributed by atoms with Gasteiger partial charge < -0.3 is 4.57 Å². The maximum Gasteiger partial charge on any atom is 0.164 e. The Morgan fingerprint density at radius 2 is 1.68 bits per heavy atom. The van der Waals surface area contributed by atoms with E-state index >= 15 is 0 Å². The molecule has 1 aromatic heterocycles. The lowest BCUT2D eigenvalue weighted by Crippen LogP contribution is -2.08. The minimum absolute atomic E-state index is 0.345. The maximum absolute atomic E-state index is 4.41. The smallest absolute Gasteiger partial charge is 0.164 e. The Kier molecular flexibility index (Phi) is 4.09. The molecule has 0 fully saturated rings. The lowest BCUT2D eigenvalue weighted by molar-refractivity contribution is 0.586. The first-order valence-corrected chi connectivity index (χ1v) is 7.65. The molecule has 102 valence electrons. The lowest BCUT2D eigenvalue weighted by atomic mass is 9.99. The zero-order chi connectivity index (χ0) is 14.2. The number of aryl methyl sites for hydroxylation is 3. The molecule has 1 heterocycles. The summed E-state index contributed by atoms with van der Waals surface area (Å²) in [6.07, 6.45) is 0. The highest BCUT2D eigenvalue weighted by atomic mass is 79.9. The van der Waals surface area contributed by atoms with Gasteiger partial charge in [-0.25, -0.2) is 0 Å². The van der Waals surface area contributed by atoms with Crippen molar-refractivity contribution < 1.29 is 0 Å². The molecule has 0 unspecified atom stereocenters. The van der Waals surface area contributed by atoms with Crippen LogP contribution < -0.4 is 0 Å². The Bertz CT molecular complexity index is 576. The molecule has 0 saturated heterocycles. The van der Waals surface area contributed by atoms with E-state index in [-0.39, 0.29) is 0 Å². The van der Waals surface area contributed by atoms with Crippen LogP contribution >= 0.6 is 15.9 Å². The molecule has 3 nitrogen and oxygen atoms in total. The van der Waals surface area contributed by atoms with E-state index in [1.54, 1.807) is 0 Å². The summed E-state index contributed by atoms with van der Waals surface area (Å²) in [5.41, 5.74) is 5.01. The molecular formula is C15H20BrN3. The Morgan fingerprint density at radius 1 is 1.11 bits per heavy atom. The van der Waals surface area contributed by atoms with Crippen LogP contribution in [0.2, 0.25) is 0 Å². The molecule has 0 aliphatic heterocycles. The topological polar surface area (TPSA) is 30.7 Å². The van der Waals surface area contributed by atoms with Gasteiger partial charge in [0, 0.05) is 11.6 Å². The summed E-state index contributed by atoms with van der Waals surface area (Å²) in [4.78, 5) is 0. The van der Waals surface area contributed by atoms with Gasteiger partial charge in [-0.2, -0.15) is 0 Å². The third-order valence-electron chi connectivity index (χ3n) is 3.30. The van der Waals surface area contributed by atoms with Crippen molar-refractivity contribution in [3.05, 3.63) is 34.6 Å². The fourth-order valence-corrected chi connectivity index (χ4v) is 3.04. The van der Waals surface area contributed by atoms with Crippen molar-refractivity contribution in [3.8, 4) is 11.4 Å². The van der Waals surface area contributed by atoms with Crippen molar-refractivity contribution in [1.29, 1.82) is 0 Å². The molecule has 2 rings (SSSR count). The van der Waals surface area contributed by atoms with E-state index in [0.717, 1.165) is 17.0 Å². The molecule has 0 bridgehead atoms. The van der Waals surface area contributed by atoms with Gasteiger partial charge in [-0.3, -0.25) is 0 Å². The standard InChI is InChI=1S/C15H20BrN3/c1-9(2)19-13(8-16)17-18-15(19)14-11(4)6-10(3)7-12(14)5/h6-7,9H,8H2,1-5H3. The number of benzene rings is 1. The molecule has 0 atom stereocenters. The summed E-state index contributed by atoms with van der Waals surface area (Å²) in [6.45, 7) is 10.7. The largest absolute Gasteiger partial charge is 0.308 e. The van der Waals surface area contributed by atoms with E-state index in [4.69, 9.17) is 0 Å². The van der Waals surface area contributed by atoms with Crippen molar-refractivity contribution in [1.82, 2.24) is 14.8 Å². The molecule has 0 aliphatic rings. The van der Waals surface area contributed by atoms with Crippen molar-refractivity contribution in [2.45, 2.75) is 46.0 Å². The van der Waals surface area contributed by atoms with Crippen LogP contribution in [-0.4, -0.2) is 14.8 Å². The highest BCUT2D eigenvalue weighted by molar-refractivity contribution is 9.08. The molecule has 0 spiro atoms. The Hall–Kier alpha value is -1.16. The summed E-state index contributed by atoms with van der Waals surface area (Å²) < 4.78 is 2.21. The van der Waals surface area contributed by atoms with E-state index < -0.39 is 0 Å². The highest BCUT2D eigenvalue weighted by Gasteiger charge is 2.18. The Morgan fingerprint density at radius 3 is 2.16 bits per heavy atom. The summed E-state index contributed by atoms with van der Waals surface area (Å²) >= 11 is 3.49. The van der Waals surface area contributed by atoms with Gasteiger partial charge in [0.2, 0.25) is 0 Å². The second-order valence-electron chi connectivity index (χ2n) is 5.31. The van der Waals surface area contributed by atoms with Crippen molar-refractivity contribution in [2.24, 2.45) is 0 Å². The molecule has 2 aromatic rings. The van der Waals surface area contributed by atoms with E-state index in [2.05, 4.69) is 77.4 Å². The molecule has 0 radical (unpaired) electrons. The SMILES string of the molecule is Cc1cc(C)c(-c2nnc(CBr)n2C(C)C)c(C)c1. The van der Waals surface area contributed by atoms with Crippen LogP contribution in [-0.2, 0) is 5.33 Å². The van der Waals surface area contributed by atoms with Crippen LogP contribution in [0.5, 0.6) is 0 Å². The molecule has 0 amide bonds. The van der Waals surface area contributed by atoms with Crippen LogP contribution in [0, 0.1) is 20.8 Å². The lowest BCUT2D eigenvalue weighted by Gasteiger charge is -2.16. The predicted molar refractivity (Wildman–Crippen MR) is 82.7 cm³/mol.